The lowest BCUT2D eigenvalue weighted by Crippen LogP contribution is -2.33. The van der Waals surface area contributed by atoms with Crippen molar-refractivity contribution in [2.45, 2.75) is 110 Å². The van der Waals surface area contributed by atoms with E-state index in [0.717, 1.165) is 117 Å². The highest BCUT2D eigenvalue weighted by molar-refractivity contribution is 7.10. The largest absolute Gasteiger partial charge is 0.356 e. The van der Waals surface area contributed by atoms with Gasteiger partial charge in [-0.15, -0.1) is 47.5 Å². The lowest BCUT2D eigenvalue weighted by molar-refractivity contribution is 0.173. The monoisotopic (exact) mass is 1350 g/mol. The quantitative estimate of drug-likeness (QED) is 0.0698. The van der Waals surface area contributed by atoms with Crippen molar-refractivity contribution in [2.75, 3.05) is 81.6 Å². The smallest absolute Gasteiger partial charge is 0.172 e. The summed E-state index contributed by atoms with van der Waals surface area (Å²) in [5, 5.41) is 24.9. The second kappa shape index (κ2) is 35.1. The summed E-state index contributed by atoms with van der Waals surface area (Å²) in [4.78, 5) is 14.8. The molecule has 502 valence electrons. The van der Waals surface area contributed by atoms with Gasteiger partial charge in [0, 0.05) is 75.3 Å². The van der Waals surface area contributed by atoms with Crippen LogP contribution in [0.1, 0.15) is 101 Å². The summed E-state index contributed by atoms with van der Waals surface area (Å²) in [5.41, 5.74) is 17.3. The number of nitrogens with one attached hydrogen (secondary N) is 1. The molecule has 0 aliphatic carbocycles. The van der Waals surface area contributed by atoms with E-state index in [2.05, 4.69) is 250 Å². The Morgan fingerprint density at radius 2 is 0.716 bits per heavy atom. The van der Waals surface area contributed by atoms with E-state index in [9.17, 15) is 0 Å². The number of rotatable bonds is 22. The Labute approximate surface area is 583 Å². The summed E-state index contributed by atoms with van der Waals surface area (Å²) in [6.07, 6.45) is 14.3. The van der Waals surface area contributed by atoms with E-state index in [1.165, 1.54) is 160 Å². The summed E-state index contributed by atoms with van der Waals surface area (Å²) < 4.78 is 17.8. The number of thiophene rings is 2. The summed E-state index contributed by atoms with van der Waals surface area (Å²) in [6.45, 7) is 11.8. The minimum Gasteiger partial charge on any atom is -0.356 e. The van der Waals surface area contributed by atoms with Crippen molar-refractivity contribution in [3.63, 3.8) is 0 Å². The Morgan fingerprint density at radius 1 is 0.400 bits per heavy atom. The highest BCUT2D eigenvalue weighted by Gasteiger charge is 2.26. The zero-order valence-electron chi connectivity index (χ0n) is 56.5. The average Bonchev–Trinajstić information content (AvgIpc) is 1.74. The van der Waals surface area contributed by atoms with Gasteiger partial charge in [-0.3, -0.25) is 9.80 Å². The zero-order valence-corrected chi connectivity index (χ0v) is 59.8. The van der Waals surface area contributed by atoms with Crippen molar-refractivity contribution in [3.05, 3.63) is 206 Å². The Bertz CT molecular complexity index is 3850. The van der Waals surface area contributed by atoms with Crippen molar-refractivity contribution in [2.24, 2.45) is 17.8 Å². The maximum absolute atomic E-state index is 5.98. The molecule has 0 amide bonds. The van der Waals surface area contributed by atoms with Gasteiger partial charge < -0.3 is 33.6 Å². The van der Waals surface area contributed by atoms with Gasteiger partial charge >= 0.3 is 0 Å². The first-order chi connectivity index (χ1) is 45.6. The molecule has 3 aliphatic heterocycles. The van der Waals surface area contributed by atoms with Gasteiger partial charge in [0.25, 0.3) is 0 Å². The van der Waals surface area contributed by atoms with Crippen LogP contribution in [0, 0.1) is 17.8 Å². The average molecular weight is 1360 g/mol. The molecular formula is C79H97Cl2N9O3S2. The first-order valence-corrected chi connectivity index (χ1v) is 35.8. The molecule has 12 nitrogen and oxygen atoms in total. The fourth-order valence-corrected chi connectivity index (χ4v) is 15.8. The van der Waals surface area contributed by atoms with E-state index in [1.54, 1.807) is 0 Å². The van der Waals surface area contributed by atoms with Gasteiger partial charge in [-0.25, -0.2) is 0 Å². The normalized spacial score (nSPS) is 15.3. The fourth-order valence-electron chi connectivity index (χ4n) is 14.3. The van der Waals surface area contributed by atoms with Crippen LogP contribution in [-0.4, -0.2) is 122 Å². The maximum atomic E-state index is 5.98. The number of piperidine rings is 3. The van der Waals surface area contributed by atoms with E-state index in [-0.39, 0.29) is 24.8 Å². The number of aryl methyl sites for hydroxylation is 3. The summed E-state index contributed by atoms with van der Waals surface area (Å²) in [7, 11) is 12.6. The third kappa shape index (κ3) is 18.8. The van der Waals surface area contributed by atoms with Crippen LogP contribution < -0.4 is 5.32 Å². The molecule has 3 saturated heterocycles. The van der Waals surface area contributed by atoms with E-state index >= 15 is 0 Å². The molecule has 0 spiro atoms. The first-order valence-electron chi connectivity index (χ1n) is 34.1. The second-order valence-corrected chi connectivity index (χ2v) is 29.1. The second-order valence-electron chi connectivity index (χ2n) is 27.0. The molecule has 1 N–H and O–H groups in total. The van der Waals surface area contributed by atoms with Crippen LogP contribution in [-0.2, 0) is 52.0 Å². The van der Waals surface area contributed by atoms with Crippen LogP contribution in [0.25, 0.3) is 66.3 Å². The number of nitrogens with zero attached hydrogens (tertiary/aromatic N) is 8. The number of fused-ring (bicyclic) bond motifs is 3. The Hall–Kier alpha value is -6.53. The predicted octanol–water partition coefficient (Wildman–Crippen LogP) is 18.3. The zero-order chi connectivity index (χ0) is 63.9. The third-order valence-corrected chi connectivity index (χ3v) is 21.0. The lowest BCUT2D eigenvalue weighted by atomic mass is 9.90. The molecule has 5 aromatic heterocycles. The van der Waals surface area contributed by atoms with Crippen LogP contribution in [0.3, 0.4) is 0 Å². The Morgan fingerprint density at radius 3 is 1.01 bits per heavy atom. The molecule has 3 aliphatic rings. The summed E-state index contributed by atoms with van der Waals surface area (Å²) in [5.74, 6) is 2.37. The van der Waals surface area contributed by atoms with Gasteiger partial charge in [-0.2, -0.15) is 0 Å². The predicted molar refractivity (Wildman–Crippen MR) is 400 cm³/mol. The fraction of sp³-hybridized carbons (Fsp3) is 0.405. The van der Waals surface area contributed by atoms with Crippen molar-refractivity contribution in [1.82, 2.24) is 45.3 Å². The van der Waals surface area contributed by atoms with E-state index in [0.29, 0.717) is 0 Å². The van der Waals surface area contributed by atoms with Gasteiger partial charge in [-0.1, -0.05) is 137 Å². The number of halogens is 2. The highest BCUT2D eigenvalue weighted by atomic mass is 35.5. The van der Waals surface area contributed by atoms with Gasteiger partial charge in [0.15, 0.2) is 16.7 Å². The van der Waals surface area contributed by atoms with Crippen molar-refractivity contribution in [3.8, 4) is 33.4 Å². The molecule has 8 heterocycles. The van der Waals surface area contributed by atoms with Crippen molar-refractivity contribution < 1.29 is 13.6 Å². The minimum absolute atomic E-state index is 0. The molecule has 11 aromatic rings. The highest BCUT2D eigenvalue weighted by Crippen LogP contribution is 2.38. The molecular weight excluding hydrogens is 1260 g/mol. The summed E-state index contributed by atoms with van der Waals surface area (Å²) >= 11 is 3.74. The molecule has 0 atom stereocenters. The van der Waals surface area contributed by atoms with E-state index in [1.807, 2.05) is 22.7 Å². The van der Waals surface area contributed by atoms with Crippen LogP contribution >= 0.6 is 47.5 Å². The molecule has 0 bridgehead atoms. The molecule has 0 saturated carbocycles. The van der Waals surface area contributed by atoms with Crippen molar-refractivity contribution >= 4 is 80.4 Å². The van der Waals surface area contributed by atoms with Gasteiger partial charge in [0.2, 0.25) is 0 Å². The summed E-state index contributed by atoms with van der Waals surface area (Å²) in [6, 6.07) is 53.9. The number of hydrogen-bond acceptors (Lipinski definition) is 14. The molecule has 6 aromatic carbocycles. The molecule has 0 radical (unpaired) electrons. The van der Waals surface area contributed by atoms with Crippen LogP contribution in [0.2, 0.25) is 0 Å². The van der Waals surface area contributed by atoms with Crippen LogP contribution in [0.4, 0.5) is 0 Å². The number of benzene rings is 6. The lowest BCUT2D eigenvalue weighted by Gasteiger charge is -2.31. The van der Waals surface area contributed by atoms with Gasteiger partial charge in [-0.05, 0) is 251 Å². The molecule has 14 rings (SSSR count). The number of likely N-dealkylation sites (tertiary alicyclic amines) is 2. The first kappa shape index (κ1) is 71.2. The van der Waals surface area contributed by atoms with E-state index in [4.69, 9.17) is 13.6 Å². The molecule has 95 heavy (non-hydrogen) atoms. The Balaban J connectivity index is 0.000000155. The van der Waals surface area contributed by atoms with Gasteiger partial charge in [0.05, 0.1) is 17.1 Å². The number of aromatic nitrogens is 3. The van der Waals surface area contributed by atoms with Crippen molar-refractivity contribution in [1.29, 1.82) is 0 Å². The van der Waals surface area contributed by atoms with Crippen LogP contribution in [0.15, 0.2) is 176 Å². The van der Waals surface area contributed by atoms with Crippen LogP contribution in [0.5, 0.6) is 0 Å². The van der Waals surface area contributed by atoms with E-state index < -0.39 is 0 Å². The third-order valence-electron chi connectivity index (χ3n) is 19.3. The topological polar surface area (TPSA) is 106 Å². The number of hydrogen-bond donors (Lipinski definition) is 1. The Kier molecular flexibility index (Phi) is 26.3. The minimum atomic E-state index is 0. The molecule has 3 fully saturated rings. The van der Waals surface area contributed by atoms with Gasteiger partial charge in [0.1, 0.15) is 0 Å². The SMILES string of the molecule is CN(C)Cc1c(-c2ccccc2)ccc2c(CCC3CCN(Cc4cccs4)CC3)noc12.CN(C)Cc1c(-c2ccccc2)ccc2c(CCC3CCN(Cc4cccs4)CC3)noc12.CN(C)Cc1c(-c2ccccc2)ccc2c(CCC3CCNCC3)noc12.Cl.Cl. The molecule has 0 unspecified atom stereocenters. The standard InChI is InChI=1S/2C28H33N3OS.C23H29N3O.2ClH/c2*1-30(2)20-26-24(22-7-4-3-5-8-22)11-12-25-27(29-32-28(25)26)13-10-21-14-16-31(17-15-21)19-23-9-6-18-33-23;1-26(2)16-21-19(18-6-4-3-5-7-18)9-10-20-22(25-27-23(20)21)11-8-17-12-14-24-15-13-17;;/h2*3-9,11-12,18,21H,10,13-17,19-20H2,1-2H3;3-7,9-10,17,24H,8,11-16H2,1-2H3;2*1H. The molecule has 16 heteroatoms. The maximum Gasteiger partial charge on any atom is 0.172 e.